The highest BCUT2D eigenvalue weighted by Gasteiger charge is 2.15. The van der Waals surface area contributed by atoms with Crippen molar-refractivity contribution in [3.63, 3.8) is 0 Å². The number of aromatic nitrogens is 3. The number of nitrogens with zero attached hydrogens (tertiary/aromatic N) is 3. The lowest BCUT2D eigenvalue weighted by Crippen LogP contribution is -1.93. The van der Waals surface area contributed by atoms with E-state index in [9.17, 15) is 0 Å². The fourth-order valence-corrected chi connectivity index (χ4v) is 9.21. The topological polar surface area (TPSA) is 30.7 Å². The van der Waals surface area contributed by atoms with Crippen LogP contribution in [0.3, 0.4) is 0 Å². The minimum atomic E-state index is 0.865. The molecule has 0 fully saturated rings. The fourth-order valence-electron chi connectivity index (χ4n) is 9.21. The molecule has 0 radical (unpaired) electrons. The molecule has 12 aromatic rings. The minimum absolute atomic E-state index is 0.865. The summed E-state index contributed by atoms with van der Waals surface area (Å²) in [4.78, 5) is 10.2. The summed E-state index contributed by atoms with van der Waals surface area (Å²) in [6.07, 6.45) is 1.91. The molecule has 0 amide bonds. The quantitative estimate of drug-likeness (QED) is 0.158. The Balaban J connectivity index is 0.820. The van der Waals surface area contributed by atoms with Crippen molar-refractivity contribution in [1.29, 1.82) is 0 Å². The van der Waals surface area contributed by atoms with Gasteiger partial charge in [0, 0.05) is 32.8 Å². The van der Waals surface area contributed by atoms with Crippen molar-refractivity contribution in [2.75, 3.05) is 0 Å². The standard InChI is InChI=1S/C58H37N3/c1-2-16-47(17-3-1)61-55-23-9-8-20-50(55)51-33-32-45(36-56(51)61)41-30-28-39(29-31-41)43-13-10-12-42(34-43)38-24-26-40(27-25-38)44-14-11-15-46(35-44)54-37-59-57-52-21-6-4-18-48(52)49-19-5-7-22-53(49)58(57)60-54/h1-37H. The van der Waals surface area contributed by atoms with Crippen molar-refractivity contribution in [3.8, 4) is 61.5 Å². The Bertz CT molecular complexity index is 3590. The molecule has 3 heteroatoms. The summed E-state index contributed by atoms with van der Waals surface area (Å²) >= 11 is 0. The van der Waals surface area contributed by atoms with Gasteiger partial charge in [-0.2, -0.15) is 0 Å². The van der Waals surface area contributed by atoms with Crippen molar-refractivity contribution >= 4 is 54.4 Å². The number of para-hydroxylation sites is 2. The van der Waals surface area contributed by atoms with Crippen LogP contribution in [0.2, 0.25) is 0 Å². The van der Waals surface area contributed by atoms with Crippen molar-refractivity contribution in [3.05, 3.63) is 225 Å². The van der Waals surface area contributed by atoms with Crippen molar-refractivity contribution in [1.82, 2.24) is 14.5 Å². The van der Waals surface area contributed by atoms with E-state index in [0.717, 1.165) is 44.2 Å². The predicted molar refractivity (Wildman–Crippen MR) is 256 cm³/mol. The Hall–Kier alpha value is -8.14. The van der Waals surface area contributed by atoms with Crippen LogP contribution in [0.4, 0.5) is 0 Å². The predicted octanol–water partition coefficient (Wildman–Crippen LogP) is 15.4. The zero-order valence-corrected chi connectivity index (χ0v) is 33.2. The van der Waals surface area contributed by atoms with Gasteiger partial charge in [-0.1, -0.05) is 182 Å². The summed E-state index contributed by atoms with van der Waals surface area (Å²) in [5.41, 5.74) is 16.8. The summed E-state index contributed by atoms with van der Waals surface area (Å²) in [6.45, 7) is 0. The summed E-state index contributed by atoms with van der Waals surface area (Å²) in [5, 5.41) is 7.17. The highest BCUT2D eigenvalue weighted by atomic mass is 15.0. The lowest BCUT2D eigenvalue weighted by molar-refractivity contribution is 1.18. The van der Waals surface area contributed by atoms with Gasteiger partial charge in [0.2, 0.25) is 0 Å². The summed E-state index contributed by atoms with van der Waals surface area (Å²) in [6, 6.07) is 78.5. The smallest absolute Gasteiger partial charge is 0.0979 e. The molecule has 12 rings (SSSR count). The van der Waals surface area contributed by atoms with Gasteiger partial charge in [-0.15, -0.1) is 0 Å². The molecule has 0 unspecified atom stereocenters. The van der Waals surface area contributed by atoms with E-state index in [4.69, 9.17) is 9.97 Å². The van der Waals surface area contributed by atoms with Crippen molar-refractivity contribution in [2.24, 2.45) is 0 Å². The monoisotopic (exact) mass is 775 g/mol. The van der Waals surface area contributed by atoms with Gasteiger partial charge in [0.1, 0.15) is 0 Å². The fraction of sp³-hybridized carbons (Fsp3) is 0. The maximum absolute atomic E-state index is 5.23. The molecule has 284 valence electrons. The van der Waals surface area contributed by atoms with Gasteiger partial charge in [-0.25, -0.2) is 4.98 Å². The van der Waals surface area contributed by atoms with Crippen molar-refractivity contribution < 1.29 is 0 Å². The van der Waals surface area contributed by atoms with Crippen LogP contribution in [-0.2, 0) is 0 Å². The third-order valence-corrected chi connectivity index (χ3v) is 12.2. The van der Waals surface area contributed by atoms with Gasteiger partial charge in [0.25, 0.3) is 0 Å². The van der Waals surface area contributed by atoms with E-state index in [1.54, 1.807) is 0 Å². The van der Waals surface area contributed by atoms with E-state index >= 15 is 0 Å². The van der Waals surface area contributed by atoms with Crippen LogP contribution in [0.25, 0.3) is 116 Å². The first kappa shape index (κ1) is 34.9. The van der Waals surface area contributed by atoms with Gasteiger partial charge in [-0.05, 0) is 91.7 Å². The van der Waals surface area contributed by atoms with E-state index in [-0.39, 0.29) is 0 Å². The van der Waals surface area contributed by atoms with E-state index in [1.165, 1.54) is 71.6 Å². The van der Waals surface area contributed by atoms with E-state index in [2.05, 4.69) is 223 Å². The molecule has 3 nitrogen and oxygen atoms in total. The maximum atomic E-state index is 5.23. The van der Waals surface area contributed by atoms with Crippen molar-refractivity contribution in [2.45, 2.75) is 0 Å². The summed E-state index contributed by atoms with van der Waals surface area (Å²) in [5.74, 6) is 0. The van der Waals surface area contributed by atoms with Gasteiger partial charge in [-0.3, -0.25) is 4.98 Å². The Morgan fingerprint density at radius 1 is 0.279 bits per heavy atom. The molecule has 0 saturated heterocycles. The van der Waals surface area contributed by atoms with Gasteiger partial charge in [0.05, 0.1) is 34.0 Å². The number of fused-ring (bicyclic) bond motifs is 9. The number of rotatable bonds is 6. The maximum Gasteiger partial charge on any atom is 0.0979 e. The number of hydrogen-bond donors (Lipinski definition) is 0. The molecule has 0 spiro atoms. The molecule has 0 saturated carbocycles. The molecule has 0 atom stereocenters. The third kappa shape index (κ3) is 5.98. The SMILES string of the molecule is c1ccc(-n2c3ccccc3c3ccc(-c4ccc(-c5cccc(-c6ccc(-c7cccc(-c8cnc9c%10ccccc%10c%10ccccc%10c9n8)c7)cc6)c5)cc4)cc32)cc1. The molecule has 10 aromatic carbocycles. The molecule has 0 aliphatic heterocycles. The van der Waals surface area contributed by atoms with E-state index in [1.807, 2.05) is 6.20 Å². The second-order valence-electron chi connectivity index (χ2n) is 15.8. The van der Waals surface area contributed by atoms with Crippen LogP contribution < -0.4 is 0 Å². The van der Waals surface area contributed by atoms with Crippen LogP contribution in [0, 0.1) is 0 Å². The Kier molecular flexibility index (Phi) is 8.17. The summed E-state index contributed by atoms with van der Waals surface area (Å²) < 4.78 is 2.38. The third-order valence-electron chi connectivity index (χ3n) is 12.2. The molecular weight excluding hydrogens is 739 g/mol. The van der Waals surface area contributed by atoms with Gasteiger partial charge >= 0.3 is 0 Å². The van der Waals surface area contributed by atoms with E-state index in [0.29, 0.717) is 0 Å². The van der Waals surface area contributed by atoms with Crippen LogP contribution in [-0.4, -0.2) is 14.5 Å². The number of hydrogen-bond acceptors (Lipinski definition) is 2. The molecule has 0 bridgehead atoms. The second-order valence-corrected chi connectivity index (χ2v) is 15.8. The zero-order valence-electron chi connectivity index (χ0n) is 33.2. The minimum Gasteiger partial charge on any atom is -0.309 e. The first-order valence-electron chi connectivity index (χ1n) is 20.8. The highest BCUT2D eigenvalue weighted by molar-refractivity contribution is 6.23. The van der Waals surface area contributed by atoms with E-state index < -0.39 is 0 Å². The molecule has 0 aliphatic carbocycles. The molecule has 61 heavy (non-hydrogen) atoms. The molecule has 0 N–H and O–H groups in total. The summed E-state index contributed by atoms with van der Waals surface area (Å²) in [7, 11) is 0. The second kappa shape index (κ2) is 14.3. The lowest BCUT2D eigenvalue weighted by Gasteiger charge is -2.11. The highest BCUT2D eigenvalue weighted by Crippen LogP contribution is 2.37. The molecule has 0 aliphatic rings. The largest absolute Gasteiger partial charge is 0.309 e. The van der Waals surface area contributed by atoms with Crippen LogP contribution in [0.1, 0.15) is 0 Å². The van der Waals surface area contributed by atoms with Crippen LogP contribution in [0.5, 0.6) is 0 Å². The molecule has 2 aromatic heterocycles. The van der Waals surface area contributed by atoms with Gasteiger partial charge in [0.15, 0.2) is 0 Å². The number of benzene rings is 10. The van der Waals surface area contributed by atoms with Crippen LogP contribution in [0.15, 0.2) is 225 Å². The zero-order chi connectivity index (χ0) is 40.3. The average Bonchev–Trinajstić information content (AvgIpc) is 3.68. The Morgan fingerprint density at radius 3 is 1.33 bits per heavy atom. The van der Waals surface area contributed by atoms with Crippen LogP contribution >= 0.6 is 0 Å². The molecular formula is C58H37N3. The first-order chi connectivity index (χ1) is 30.2. The first-order valence-corrected chi connectivity index (χ1v) is 20.8. The lowest BCUT2D eigenvalue weighted by atomic mass is 9.95. The normalized spacial score (nSPS) is 11.6. The average molecular weight is 776 g/mol. The van der Waals surface area contributed by atoms with Gasteiger partial charge < -0.3 is 4.57 Å². The molecule has 2 heterocycles. The Labute approximate surface area is 353 Å². The Morgan fingerprint density at radius 2 is 0.721 bits per heavy atom.